The van der Waals surface area contributed by atoms with Gasteiger partial charge in [0.1, 0.15) is 0 Å². The Morgan fingerprint density at radius 3 is 2.64 bits per heavy atom. The second-order valence-corrected chi connectivity index (χ2v) is 6.77. The lowest BCUT2D eigenvalue weighted by atomic mass is 10.1. The molecule has 3 aromatic rings. The highest BCUT2D eigenvalue weighted by atomic mass is 31.1. The molecule has 2 atom stereocenters. The van der Waals surface area contributed by atoms with Crippen molar-refractivity contribution in [3.8, 4) is 11.5 Å². The molecule has 0 fully saturated rings. The van der Waals surface area contributed by atoms with Crippen LogP contribution in [-0.2, 0) is 11.0 Å². The van der Waals surface area contributed by atoms with Crippen LogP contribution in [0.3, 0.4) is 0 Å². The first-order chi connectivity index (χ1) is 12.1. The molecule has 0 radical (unpaired) electrons. The molecule has 1 aromatic heterocycles. The van der Waals surface area contributed by atoms with Crippen LogP contribution in [-0.4, -0.2) is 26.6 Å². The lowest BCUT2D eigenvalue weighted by Crippen LogP contribution is -2.21. The number of nitrogens with one attached hydrogen (secondary N) is 1. The Bertz CT molecular complexity index is 911. The van der Waals surface area contributed by atoms with Gasteiger partial charge in [0.2, 0.25) is 0 Å². The van der Waals surface area contributed by atoms with Crippen molar-refractivity contribution in [1.29, 1.82) is 0 Å². The van der Waals surface area contributed by atoms with Crippen LogP contribution in [0, 0.1) is 0 Å². The van der Waals surface area contributed by atoms with E-state index in [9.17, 15) is 19.7 Å². The highest BCUT2D eigenvalue weighted by molar-refractivity contribution is 7.38. The number of rotatable bonds is 6. The van der Waals surface area contributed by atoms with Crippen molar-refractivity contribution in [3.05, 3.63) is 65.9 Å². The van der Waals surface area contributed by atoms with E-state index in [4.69, 9.17) is 0 Å². The fourth-order valence-corrected chi connectivity index (χ4v) is 3.49. The number of fused-ring (bicyclic) bond motifs is 1. The minimum absolute atomic E-state index is 0.170. The maximum Gasteiger partial charge on any atom is 0.529 e. The van der Waals surface area contributed by atoms with Gasteiger partial charge in [-0.05, 0) is 40.8 Å². The zero-order chi connectivity index (χ0) is 17.8. The topological polar surface area (TPSA) is 103 Å². The number of benzene rings is 2. The van der Waals surface area contributed by atoms with Gasteiger partial charge in [0, 0.05) is 23.7 Å². The van der Waals surface area contributed by atoms with Crippen LogP contribution in [0.15, 0.2) is 54.7 Å². The van der Waals surface area contributed by atoms with Crippen molar-refractivity contribution in [2.75, 3.05) is 6.54 Å². The van der Waals surface area contributed by atoms with Crippen LogP contribution in [0.4, 0.5) is 0 Å². The molecule has 2 unspecified atom stereocenters. The summed E-state index contributed by atoms with van der Waals surface area (Å²) in [6.07, 6.45) is 2.17. The van der Waals surface area contributed by atoms with Gasteiger partial charge in [-0.3, -0.25) is 10.3 Å². The number of para-hydroxylation sites is 1. The summed E-state index contributed by atoms with van der Waals surface area (Å²) in [6, 6.07) is 13.8. The molecule has 0 saturated carbocycles. The van der Waals surface area contributed by atoms with Crippen molar-refractivity contribution in [2.45, 2.75) is 12.2 Å². The second kappa shape index (κ2) is 7.57. The standard InChI is InChI=1S/C18H17N2O4P/c21-16-6-5-12(11-17(16)22)7-9-20-18(25(23)24)14-8-10-19-15-4-2-1-3-13(14)15/h1-6,8,10-11,18,20H,7,9H2,(H2-,21,22,23,24)/p+1. The number of phenolic OH excluding ortho intramolecular Hbond substituents is 2. The van der Waals surface area contributed by atoms with Crippen LogP contribution in [0.5, 0.6) is 11.5 Å². The largest absolute Gasteiger partial charge is 0.529 e. The first-order valence-corrected chi connectivity index (χ1v) is 9.07. The first-order valence-electron chi connectivity index (χ1n) is 7.79. The van der Waals surface area contributed by atoms with Gasteiger partial charge < -0.3 is 10.2 Å². The number of aromatic hydroxyl groups is 2. The molecule has 3 rings (SSSR count). The molecule has 0 saturated heterocycles. The lowest BCUT2D eigenvalue weighted by Gasteiger charge is -2.11. The molecule has 0 spiro atoms. The van der Waals surface area contributed by atoms with E-state index in [2.05, 4.69) is 10.3 Å². The quantitative estimate of drug-likeness (QED) is 0.399. The highest BCUT2D eigenvalue weighted by Gasteiger charge is 2.31. The molecular weight excluding hydrogens is 339 g/mol. The minimum Gasteiger partial charge on any atom is -0.504 e. The van der Waals surface area contributed by atoms with Crippen LogP contribution in [0.1, 0.15) is 16.9 Å². The molecule has 1 heterocycles. The number of hydrogen-bond donors (Lipinski definition) is 4. The zero-order valence-corrected chi connectivity index (χ0v) is 14.2. The van der Waals surface area contributed by atoms with Gasteiger partial charge in [-0.2, -0.15) is 4.89 Å². The van der Waals surface area contributed by atoms with Gasteiger partial charge >= 0.3 is 8.03 Å². The highest BCUT2D eigenvalue weighted by Crippen LogP contribution is 2.38. The summed E-state index contributed by atoms with van der Waals surface area (Å²) in [4.78, 5) is 14.0. The SMILES string of the molecule is O=[P+](O)C(NCCc1ccc(O)c(O)c1)c1ccnc2ccccc12. The zero-order valence-electron chi connectivity index (χ0n) is 13.3. The Morgan fingerprint density at radius 2 is 1.88 bits per heavy atom. The Balaban J connectivity index is 1.77. The average molecular weight is 357 g/mol. The fourth-order valence-electron chi connectivity index (χ4n) is 2.74. The van der Waals surface area contributed by atoms with Crippen LogP contribution < -0.4 is 5.32 Å². The van der Waals surface area contributed by atoms with Gasteiger partial charge in [-0.25, -0.2) is 0 Å². The summed E-state index contributed by atoms with van der Waals surface area (Å²) in [5.74, 6) is -1.06. The van der Waals surface area contributed by atoms with E-state index in [1.54, 1.807) is 18.3 Å². The Morgan fingerprint density at radius 1 is 1.08 bits per heavy atom. The minimum atomic E-state index is -2.48. The van der Waals surface area contributed by atoms with Crippen LogP contribution in [0.2, 0.25) is 0 Å². The Kier molecular flexibility index (Phi) is 5.24. The van der Waals surface area contributed by atoms with Gasteiger partial charge in [-0.1, -0.05) is 24.3 Å². The van der Waals surface area contributed by atoms with E-state index in [0.717, 1.165) is 22.0 Å². The van der Waals surface area contributed by atoms with Gasteiger partial charge in [-0.15, -0.1) is 0 Å². The maximum atomic E-state index is 11.9. The normalized spacial score (nSPS) is 12.9. The Hall–Kier alpha value is -2.53. The fraction of sp³-hybridized carbons (Fsp3) is 0.167. The van der Waals surface area contributed by atoms with Crippen molar-refractivity contribution >= 4 is 18.9 Å². The summed E-state index contributed by atoms with van der Waals surface area (Å²) in [5.41, 5.74) is 2.31. The predicted molar refractivity (Wildman–Crippen MR) is 95.8 cm³/mol. The molecule has 25 heavy (non-hydrogen) atoms. The van der Waals surface area contributed by atoms with Crippen molar-refractivity contribution in [1.82, 2.24) is 10.3 Å². The summed E-state index contributed by atoms with van der Waals surface area (Å²) < 4.78 is 11.9. The second-order valence-electron chi connectivity index (χ2n) is 5.65. The molecule has 0 aliphatic heterocycles. The first kappa shape index (κ1) is 17.3. The smallest absolute Gasteiger partial charge is 0.504 e. The third kappa shape index (κ3) is 3.94. The average Bonchev–Trinajstić information content (AvgIpc) is 2.61. The molecular formula is C18H18N2O4P+. The third-order valence-corrected chi connectivity index (χ3v) is 4.89. The summed E-state index contributed by atoms with van der Waals surface area (Å²) in [5, 5.41) is 22.8. The van der Waals surface area contributed by atoms with E-state index in [0.29, 0.717) is 13.0 Å². The molecule has 0 bridgehead atoms. The summed E-state index contributed by atoms with van der Waals surface area (Å²) in [7, 11) is -2.48. The number of pyridine rings is 1. The van der Waals surface area contributed by atoms with E-state index in [-0.39, 0.29) is 11.5 Å². The van der Waals surface area contributed by atoms with Gasteiger partial charge in [0.15, 0.2) is 11.5 Å². The monoisotopic (exact) mass is 357 g/mol. The molecule has 0 aliphatic carbocycles. The molecule has 0 amide bonds. The van der Waals surface area contributed by atoms with Crippen LogP contribution in [0.25, 0.3) is 10.9 Å². The number of phenols is 2. The van der Waals surface area contributed by atoms with Gasteiger partial charge in [0.25, 0.3) is 5.78 Å². The van der Waals surface area contributed by atoms with Crippen molar-refractivity contribution in [2.24, 2.45) is 0 Å². The molecule has 2 aromatic carbocycles. The molecule has 128 valence electrons. The maximum absolute atomic E-state index is 11.9. The van der Waals surface area contributed by atoms with Gasteiger partial charge in [0.05, 0.1) is 5.52 Å². The summed E-state index contributed by atoms with van der Waals surface area (Å²) in [6.45, 7) is 0.438. The lowest BCUT2D eigenvalue weighted by molar-refractivity contribution is 0.403. The van der Waals surface area contributed by atoms with Crippen molar-refractivity contribution < 1.29 is 19.7 Å². The molecule has 4 N–H and O–H groups in total. The van der Waals surface area contributed by atoms with Crippen LogP contribution >= 0.6 is 8.03 Å². The third-order valence-electron chi connectivity index (χ3n) is 3.99. The Labute approximate surface area is 145 Å². The molecule has 6 nitrogen and oxygen atoms in total. The van der Waals surface area contributed by atoms with E-state index >= 15 is 0 Å². The molecule has 7 heteroatoms. The number of aromatic nitrogens is 1. The van der Waals surface area contributed by atoms with E-state index < -0.39 is 13.8 Å². The number of nitrogens with zero attached hydrogens (tertiary/aromatic N) is 1. The summed E-state index contributed by atoms with van der Waals surface area (Å²) >= 11 is 0. The van der Waals surface area contributed by atoms with E-state index in [1.165, 1.54) is 12.1 Å². The number of hydrogen-bond acceptors (Lipinski definition) is 5. The molecule has 0 aliphatic rings. The predicted octanol–water partition coefficient (Wildman–Crippen LogP) is 3.21. The van der Waals surface area contributed by atoms with Crippen molar-refractivity contribution in [3.63, 3.8) is 0 Å². The van der Waals surface area contributed by atoms with E-state index in [1.807, 2.05) is 24.3 Å².